The van der Waals surface area contributed by atoms with Crippen molar-refractivity contribution in [2.45, 2.75) is 65.0 Å². The molecule has 4 aromatic carbocycles. The molecular weight excluding hydrogens is 869 g/mol. The van der Waals surface area contributed by atoms with Gasteiger partial charge in [-0.2, -0.15) is 0 Å². The van der Waals surface area contributed by atoms with Crippen molar-refractivity contribution in [3.05, 3.63) is 105 Å². The van der Waals surface area contributed by atoms with E-state index in [9.17, 15) is 9.59 Å². The van der Waals surface area contributed by atoms with Crippen LogP contribution in [-0.4, -0.2) is 131 Å². The van der Waals surface area contributed by atoms with Gasteiger partial charge < -0.3 is 56.3 Å². The van der Waals surface area contributed by atoms with Gasteiger partial charge in [-0.05, 0) is 84.5 Å². The Balaban J connectivity index is 1.08. The van der Waals surface area contributed by atoms with Crippen LogP contribution in [0.4, 0.5) is 0 Å². The third-order valence-electron chi connectivity index (χ3n) is 14.2. The second-order valence-corrected chi connectivity index (χ2v) is 18.3. The maximum absolute atomic E-state index is 12.9. The molecule has 0 N–H and O–H groups in total. The fraction of sp³-hybridized carbons (Fsp3) is 0.481. The van der Waals surface area contributed by atoms with Crippen molar-refractivity contribution in [1.29, 1.82) is 0 Å². The SMILES string of the molecule is COc1cc2c(cc1OC)C(c1cc(OC)c(OC)c(OC)c1)[N+](C)(CCCOC(=O)/C=C/C(=O)OCCC[N+]1(C)CCc3cc(C)c(OC)c(OC)c3C1Cc1cc(C)c(C)c(OC)c1)CC2. The lowest BCUT2D eigenvalue weighted by Crippen LogP contribution is -2.53. The number of nitrogens with zero attached hydrogens (tertiary/aromatic N) is 2. The van der Waals surface area contributed by atoms with E-state index in [1.54, 1.807) is 56.9 Å². The van der Waals surface area contributed by atoms with Crippen molar-refractivity contribution in [3.63, 3.8) is 0 Å². The topological polar surface area (TPSA) is 126 Å². The Hall–Kier alpha value is -6.12. The number of hydrogen-bond acceptors (Lipinski definition) is 12. The largest absolute Gasteiger partial charge is 0.496 e. The Kier molecular flexibility index (Phi) is 16.8. The standard InChI is InChI=1S/C54H72N2O12/c1-34-26-37(29-43(59-6)36(34)3)28-42-50-39(27-35(2)52(64-11)54(50)66-13)19-22-55(42,4)20-14-24-67-48(57)16-17-49(58)68-25-15-21-56(5)23-18-38-30-44(60-7)45(61-8)33-41(38)51(56)40-31-46(62-9)53(65-12)47(32-40)63-10/h16-17,26-27,29-33,42,51H,14-15,18-25,28H2,1-13H3/q+2/b17-16+. The maximum atomic E-state index is 12.9. The second-order valence-electron chi connectivity index (χ2n) is 18.3. The fourth-order valence-electron chi connectivity index (χ4n) is 10.5. The number of rotatable bonds is 21. The first-order chi connectivity index (χ1) is 32.6. The average molecular weight is 941 g/mol. The zero-order valence-electron chi connectivity index (χ0n) is 42.4. The molecule has 6 rings (SSSR count). The van der Waals surface area contributed by atoms with E-state index < -0.39 is 11.9 Å². The van der Waals surface area contributed by atoms with E-state index in [0.29, 0.717) is 57.1 Å². The molecule has 4 unspecified atom stereocenters. The molecular formula is C54H72N2O12+2. The van der Waals surface area contributed by atoms with Crippen LogP contribution in [0.2, 0.25) is 0 Å². The molecule has 2 aliphatic rings. The number of ether oxygens (including phenoxy) is 10. The van der Waals surface area contributed by atoms with Gasteiger partial charge in [0.2, 0.25) is 5.75 Å². The summed E-state index contributed by atoms with van der Waals surface area (Å²) in [7, 11) is 17.6. The van der Waals surface area contributed by atoms with E-state index in [4.69, 9.17) is 47.4 Å². The predicted molar refractivity (Wildman–Crippen MR) is 260 cm³/mol. The Morgan fingerprint density at radius 1 is 0.559 bits per heavy atom. The van der Waals surface area contributed by atoms with Crippen LogP contribution in [0.3, 0.4) is 0 Å². The van der Waals surface area contributed by atoms with Crippen LogP contribution < -0.4 is 37.9 Å². The highest BCUT2D eigenvalue weighted by Gasteiger charge is 2.44. The third kappa shape index (κ3) is 10.8. The molecule has 0 aliphatic carbocycles. The van der Waals surface area contributed by atoms with Crippen LogP contribution in [0.1, 0.15) is 75.0 Å². The van der Waals surface area contributed by atoms with Crippen molar-refractivity contribution >= 4 is 11.9 Å². The Bertz CT molecular complexity index is 2460. The van der Waals surface area contributed by atoms with E-state index in [1.807, 2.05) is 18.2 Å². The summed E-state index contributed by atoms with van der Waals surface area (Å²) >= 11 is 0. The molecule has 0 spiro atoms. The van der Waals surface area contributed by atoms with Gasteiger partial charge in [0, 0.05) is 55.4 Å². The summed E-state index contributed by atoms with van der Waals surface area (Å²) in [6.07, 6.45) is 5.89. The van der Waals surface area contributed by atoms with Crippen LogP contribution in [0.5, 0.6) is 46.0 Å². The van der Waals surface area contributed by atoms with Crippen molar-refractivity contribution in [2.75, 3.05) is 110 Å². The maximum Gasteiger partial charge on any atom is 0.331 e. The summed E-state index contributed by atoms with van der Waals surface area (Å²) in [4.78, 5) is 25.8. The average Bonchev–Trinajstić information content (AvgIpc) is 3.34. The smallest absolute Gasteiger partial charge is 0.331 e. The van der Waals surface area contributed by atoms with E-state index in [1.165, 1.54) is 16.7 Å². The van der Waals surface area contributed by atoms with Gasteiger partial charge in [-0.3, -0.25) is 0 Å². The molecule has 0 bridgehead atoms. The zero-order valence-corrected chi connectivity index (χ0v) is 42.4. The molecule has 2 heterocycles. The number of methoxy groups -OCH3 is 8. The first-order valence-electron chi connectivity index (χ1n) is 23.3. The number of likely N-dealkylation sites (N-methyl/N-ethyl adjacent to an activating group) is 2. The van der Waals surface area contributed by atoms with Crippen LogP contribution in [0, 0.1) is 20.8 Å². The van der Waals surface area contributed by atoms with Gasteiger partial charge >= 0.3 is 11.9 Å². The molecule has 0 radical (unpaired) electrons. The van der Waals surface area contributed by atoms with E-state index in [2.05, 4.69) is 59.1 Å². The van der Waals surface area contributed by atoms with Crippen LogP contribution in [0.25, 0.3) is 0 Å². The normalized spacial score (nSPS) is 19.6. The number of hydrogen-bond donors (Lipinski definition) is 0. The van der Waals surface area contributed by atoms with Gasteiger partial charge in [0.05, 0.1) is 116 Å². The summed E-state index contributed by atoms with van der Waals surface area (Å²) in [6, 6.07) is 14.6. The van der Waals surface area contributed by atoms with Crippen LogP contribution in [0.15, 0.2) is 54.6 Å². The minimum Gasteiger partial charge on any atom is -0.496 e. The molecule has 0 aromatic heterocycles. The Labute approximate surface area is 402 Å². The van der Waals surface area contributed by atoms with Gasteiger partial charge in [-0.1, -0.05) is 12.1 Å². The Morgan fingerprint density at radius 2 is 1.09 bits per heavy atom. The Morgan fingerprint density at radius 3 is 1.65 bits per heavy atom. The first-order valence-corrected chi connectivity index (χ1v) is 23.3. The summed E-state index contributed by atoms with van der Waals surface area (Å²) in [5, 5.41) is 0. The minimum atomic E-state index is -0.609. The highest BCUT2D eigenvalue weighted by molar-refractivity contribution is 5.91. The summed E-state index contributed by atoms with van der Waals surface area (Å²) < 4.78 is 58.9. The van der Waals surface area contributed by atoms with Gasteiger partial charge in [0.15, 0.2) is 34.5 Å². The van der Waals surface area contributed by atoms with Gasteiger partial charge in [0.25, 0.3) is 0 Å². The molecule has 2 aliphatic heterocycles. The van der Waals surface area contributed by atoms with Crippen molar-refractivity contribution < 1.29 is 65.9 Å². The lowest BCUT2D eigenvalue weighted by Gasteiger charge is -2.46. The predicted octanol–water partition coefficient (Wildman–Crippen LogP) is 8.18. The molecule has 0 amide bonds. The van der Waals surface area contributed by atoms with Crippen molar-refractivity contribution in [2.24, 2.45) is 0 Å². The van der Waals surface area contributed by atoms with E-state index in [0.717, 1.165) is 102 Å². The molecule has 4 aromatic rings. The quantitative estimate of drug-likeness (QED) is 0.0346. The summed E-state index contributed by atoms with van der Waals surface area (Å²) in [6.45, 7) is 9.74. The molecule has 0 fully saturated rings. The van der Waals surface area contributed by atoms with Gasteiger partial charge in [0.1, 0.15) is 17.8 Å². The number of fused-ring (bicyclic) bond motifs is 2. The molecule has 14 nitrogen and oxygen atoms in total. The molecule has 0 saturated heterocycles. The van der Waals surface area contributed by atoms with E-state index >= 15 is 0 Å². The van der Waals surface area contributed by atoms with Crippen molar-refractivity contribution in [1.82, 2.24) is 0 Å². The summed E-state index contributed by atoms with van der Waals surface area (Å²) in [5.74, 6) is 4.11. The minimum absolute atomic E-state index is 0.0312. The third-order valence-corrected chi connectivity index (χ3v) is 14.2. The number of carbonyl (C=O) groups is 2. The van der Waals surface area contributed by atoms with E-state index in [-0.39, 0.29) is 25.3 Å². The molecule has 14 heteroatoms. The monoisotopic (exact) mass is 941 g/mol. The van der Waals surface area contributed by atoms with Crippen molar-refractivity contribution in [3.8, 4) is 46.0 Å². The lowest BCUT2D eigenvalue weighted by atomic mass is 9.84. The number of esters is 2. The van der Waals surface area contributed by atoms with Crippen LogP contribution in [-0.2, 0) is 38.3 Å². The number of benzene rings is 4. The molecule has 0 saturated carbocycles. The number of aryl methyl sites for hydroxylation is 2. The fourth-order valence-corrected chi connectivity index (χ4v) is 10.5. The molecule has 368 valence electrons. The van der Waals surface area contributed by atoms with Gasteiger partial charge in [-0.15, -0.1) is 0 Å². The molecule has 4 atom stereocenters. The number of carbonyl (C=O) groups excluding carboxylic acids is 2. The lowest BCUT2D eigenvalue weighted by molar-refractivity contribution is -0.941. The van der Waals surface area contributed by atoms with Crippen LogP contribution >= 0.6 is 0 Å². The zero-order chi connectivity index (χ0) is 49.3. The number of quaternary nitrogens is 2. The highest BCUT2D eigenvalue weighted by atomic mass is 16.5. The first kappa shape index (κ1) is 51.3. The summed E-state index contributed by atoms with van der Waals surface area (Å²) in [5.41, 5.74) is 10.1. The highest BCUT2D eigenvalue weighted by Crippen LogP contribution is 2.50. The second kappa shape index (κ2) is 22.3. The van der Waals surface area contributed by atoms with Gasteiger partial charge in [-0.25, -0.2) is 9.59 Å². The molecule has 68 heavy (non-hydrogen) atoms.